The van der Waals surface area contributed by atoms with Gasteiger partial charge in [0.1, 0.15) is 0 Å². The van der Waals surface area contributed by atoms with E-state index in [1.54, 1.807) is 0 Å². The fourth-order valence-corrected chi connectivity index (χ4v) is 0.391. The van der Waals surface area contributed by atoms with Crippen LogP contribution in [0.2, 0.25) is 0 Å². The predicted octanol–water partition coefficient (Wildman–Crippen LogP) is 1.43. The highest BCUT2D eigenvalue weighted by Crippen LogP contribution is 1.81. The molecule has 9 heavy (non-hydrogen) atoms. The minimum Gasteiger partial charge on any atom is -0.400 e. The maximum Gasteiger partial charge on any atom is 0.0463 e. The van der Waals surface area contributed by atoms with E-state index in [9.17, 15) is 0 Å². The van der Waals surface area contributed by atoms with Crippen LogP contribution in [0.1, 0.15) is 26.7 Å². The molecule has 0 spiro atoms. The number of rotatable bonds is 4. The molecule has 2 heteroatoms. The predicted molar refractivity (Wildman–Crippen MR) is 39.5 cm³/mol. The molecule has 0 aliphatic rings. The zero-order valence-electron chi connectivity index (χ0n) is 6.68. The van der Waals surface area contributed by atoms with Gasteiger partial charge in [0.2, 0.25) is 0 Å². The highest BCUT2D eigenvalue weighted by molar-refractivity contribution is 4.25. The second kappa shape index (κ2) is 15.7. The average Bonchev–Trinajstić information content (AvgIpc) is 1.94. The molecule has 0 atom stereocenters. The van der Waals surface area contributed by atoms with Crippen LogP contribution in [0, 0.1) is 0 Å². The van der Waals surface area contributed by atoms with Gasteiger partial charge in [0.25, 0.3) is 0 Å². The van der Waals surface area contributed by atoms with Gasteiger partial charge in [-0.3, -0.25) is 0 Å². The molecular formula is C7H18O2. The van der Waals surface area contributed by atoms with Crippen molar-refractivity contribution in [2.24, 2.45) is 0 Å². The Morgan fingerprint density at radius 3 is 1.56 bits per heavy atom. The van der Waals surface area contributed by atoms with Gasteiger partial charge in [0.05, 0.1) is 0 Å². The Kier molecular flexibility index (Phi) is 20.3. The summed E-state index contributed by atoms with van der Waals surface area (Å²) in [6.45, 7) is 6.09. The van der Waals surface area contributed by atoms with Crippen LogP contribution in [-0.4, -0.2) is 25.4 Å². The van der Waals surface area contributed by atoms with E-state index in [2.05, 4.69) is 13.8 Å². The topological polar surface area (TPSA) is 29.5 Å². The fourth-order valence-electron chi connectivity index (χ4n) is 0.391. The monoisotopic (exact) mass is 134 g/mol. The molecule has 2 nitrogen and oxygen atoms in total. The van der Waals surface area contributed by atoms with E-state index in [4.69, 9.17) is 9.84 Å². The Bertz CT molecular complexity index is 26.1. The lowest BCUT2D eigenvalue weighted by molar-refractivity contribution is 0.135. The molecule has 0 radical (unpaired) electrons. The first-order valence-corrected chi connectivity index (χ1v) is 3.44. The Morgan fingerprint density at radius 2 is 1.33 bits per heavy atom. The van der Waals surface area contributed by atoms with E-state index in [1.807, 2.05) is 0 Å². The molecule has 58 valence electrons. The average molecular weight is 134 g/mol. The third-order valence-electron chi connectivity index (χ3n) is 0.697. The van der Waals surface area contributed by atoms with E-state index in [0.29, 0.717) is 0 Å². The molecule has 0 amide bonds. The molecule has 0 bridgehead atoms. The van der Waals surface area contributed by atoms with Gasteiger partial charge in [-0.15, -0.1) is 0 Å². The third-order valence-corrected chi connectivity index (χ3v) is 0.697. The number of ether oxygens (including phenoxy) is 1. The normalized spacial score (nSPS) is 8.00. The Morgan fingerprint density at radius 1 is 1.00 bits per heavy atom. The molecule has 0 aliphatic heterocycles. The highest BCUT2D eigenvalue weighted by Gasteiger charge is 1.77. The van der Waals surface area contributed by atoms with Crippen molar-refractivity contribution in [3.05, 3.63) is 0 Å². The molecule has 0 fully saturated rings. The summed E-state index contributed by atoms with van der Waals surface area (Å²) in [5, 5.41) is 7.00. The van der Waals surface area contributed by atoms with Crippen molar-refractivity contribution in [2.45, 2.75) is 26.7 Å². The van der Waals surface area contributed by atoms with Crippen molar-refractivity contribution >= 4 is 0 Å². The van der Waals surface area contributed by atoms with Crippen LogP contribution < -0.4 is 0 Å². The van der Waals surface area contributed by atoms with Crippen LogP contribution in [0.15, 0.2) is 0 Å². The second-order valence-electron chi connectivity index (χ2n) is 1.61. The van der Waals surface area contributed by atoms with Crippen LogP contribution in [-0.2, 0) is 4.74 Å². The molecule has 1 N–H and O–H groups in total. The van der Waals surface area contributed by atoms with E-state index in [1.165, 1.54) is 0 Å². The summed E-state index contributed by atoms with van der Waals surface area (Å²) < 4.78 is 5.13. The van der Waals surface area contributed by atoms with Crippen molar-refractivity contribution in [1.82, 2.24) is 0 Å². The summed E-state index contributed by atoms with van der Waals surface area (Å²) in [5.41, 5.74) is 0. The van der Waals surface area contributed by atoms with Gasteiger partial charge >= 0.3 is 0 Å². The molecule has 0 aromatic heterocycles. The minimum absolute atomic E-state index is 0.924. The highest BCUT2D eigenvalue weighted by atomic mass is 16.5. The third kappa shape index (κ3) is 18.1. The minimum atomic E-state index is 0.924. The van der Waals surface area contributed by atoms with E-state index in [0.717, 1.165) is 33.2 Å². The van der Waals surface area contributed by atoms with Crippen LogP contribution >= 0.6 is 0 Å². The van der Waals surface area contributed by atoms with Gasteiger partial charge < -0.3 is 9.84 Å². The molecule has 0 aromatic rings. The maximum atomic E-state index is 7.00. The summed E-state index contributed by atoms with van der Waals surface area (Å²) in [4.78, 5) is 0. The Balaban J connectivity index is 0. The van der Waals surface area contributed by atoms with Crippen LogP contribution in [0.5, 0.6) is 0 Å². The number of hydrogen-bond acceptors (Lipinski definition) is 2. The molecule has 0 aliphatic carbocycles. The van der Waals surface area contributed by atoms with Gasteiger partial charge in [-0.1, -0.05) is 13.8 Å². The smallest absolute Gasteiger partial charge is 0.0463 e. The summed E-state index contributed by atoms with van der Waals surface area (Å²) >= 11 is 0. The summed E-state index contributed by atoms with van der Waals surface area (Å²) in [5.74, 6) is 0. The molecular weight excluding hydrogens is 116 g/mol. The second-order valence-corrected chi connectivity index (χ2v) is 1.61. The van der Waals surface area contributed by atoms with E-state index in [-0.39, 0.29) is 0 Å². The van der Waals surface area contributed by atoms with Gasteiger partial charge in [-0.05, 0) is 12.8 Å². The zero-order valence-corrected chi connectivity index (χ0v) is 6.68. The summed E-state index contributed by atoms with van der Waals surface area (Å²) in [7, 11) is 1.00. The van der Waals surface area contributed by atoms with Crippen molar-refractivity contribution in [1.29, 1.82) is 0 Å². The lowest BCUT2D eigenvalue weighted by Gasteiger charge is -1.95. The van der Waals surface area contributed by atoms with Gasteiger partial charge in [-0.25, -0.2) is 0 Å². The first-order chi connectivity index (χ1) is 4.41. The molecule has 0 rings (SSSR count). The number of aliphatic hydroxyl groups is 1. The molecule has 0 unspecified atom stereocenters. The Labute approximate surface area is 57.8 Å². The van der Waals surface area contributed by atoms with Crippen LogP contribution in [0.25, 0.3) is 0 Å². The molecule has 0 saturated heterocycles. The van der Waals surface area contributed by atoms with Crippen molar-refractivity contribution in [3.8, 4) is 0 Å². The van der Waals surface area contributed by atoms with Gasteiger partial charge in [0, 0.05) is 20.3 Å². The fraction of sp³-hybridized carbons (Fsp3) is 1.00. The molecule has 0 saturated carbocycles. The van der Waals surface area contributed by atoms with Crippen LogP contribution in [0.4, 0.5) is 0 Å². The quantitative estimate of drug-likeness (QED) is 0.589. The standard InChI is InChI=1S/C6H14O.CH4O/c1-3-5-7-6-4-2;1-2/h3-6H2,1-2H3;2H,1H3. The molecule has 0 heterocycles. The van der Waals surface area contributed by atoms with Crippen molar-refractivity contribution in [2.75, 3.05) is 20.3 Å². The van der Waals surface area contributed by atoms with E-state index < -0.39 is 0 Å². The summed E-state index contributed by atoms with van der Waals surface area (Å²) in [6, 6.07) is 0. The number of aliphatic hydroxyl groups excluding tert-OH is 1. The lowest BCUT2D eigenvalue weighted by atomic mass is 10.5. The maximum absolute atomic E-state index is 7.00. The van der Waals surface area contributed by atoms with Crippen LogP contribution in [0.3, 0.4) is 0 Å². The lowest BCUT2D eigenvalue weighted by Crippen LogP contribution is -1.92. The largest absolute Gasteiger partial charge is 0.400 e. The summed E-state index contributed by atoms with van der Waals surface area (Å²) in [6.07, 6.45) is 2.28. The number of hydrogen-bond donors (Lipinski definition) is 1. The van der Waals surface area contributed by atoms with Crippen molar-refractivity contribution in [3.63, 3.8) is 0 Å². The molecule has 0 aromatic carbocycles. The van der Waals surface area contributed by atoms with Crippen molar-refractivity contribution < 1.29 is 9.84 Å². The van der Waals surface area contributed by atoms with E-state index >= 15 is 0 Å². The zero-order chi connectivity index (χ0) is 7.54. The SMILES string of the molecule is CCCOCCC.CO. The first-order valence-electron chi connectivity index (χ1n) is 3.44. The van der Waals surface area contributed by atoms with Gasteiger partial charge in [-0.2, -0.15) is 0 Å². The Hall–Kier alpha value is -0.0800. The first kappa shape index (κ1) is 11.7. The van der Waals surface area contributed by atoms with Gasteiger partial charge in [0.15, 0.2) is 0 Å².